The summed E-state index contributed by atoms with van der Waals surface area (Å²) in [5, 5.41) is 8.74. The molecule has 0 aliphatic heterocycles. The van der Waals surface area contributed by atoms with Crippen LogP contribution in [-0.4, -0.2) is 39.2 Å². The summed E-state index contributed by atoms with van der Waals surface area (Å²) in [5.41, 5.74) is -0.142. The number of aliphatic carboxylic acids is 1. The molecule has 9 heteroatoms. The highest BCUT2D eigenvalue weighted by Gasteiger charge is 2.25. The van der Waals surface area contributed by atoms with E-state index < -0.39 is 22.3 Å². The minimum Gasteiger partial charge on any atom is -0.481 e. The molecule has 124 valence electrons. The Morgan fingerprint density at radius 2 is 1.81 bits per heavy atom. The molecule has 21 heavy (non-hydrogen) atoms. The van der Waals surface area contributed by atoms with Crippen LogP contribution < -0.4 is 9.44 Å². The molecule has 0 bridgehead atoms. The molecule has 0 spiro atoms. The number of nitrogens with one attached hydrogen (secondary N) is 2. The molecular weight excluding hydrogens is 300 g/mol. The smallest absolute Gasteiger partial charge is 0.421 e. The number of carbonyl (C=O) groups is 2. The molecular formula is C12H24N2O6S. The second-order valence-corrected chi connectivity index (χ2v) is 7.28. The molecule has 1 atom stereocenters. The fourth-order valence-electron chi connectivity index (χ4n) is 1.86. The molecule has 0 heterocycles. The molecule has 0 fully saturated rings. The third-order valence-corrected chi connectivity index (χ3v) is 4.14. The molecule has 1 amide bonds. The molecule has 0 saturated heterocycles. The van der Waals surface area contributed by atoms with Crippen LogP contribution >= 0.6 is 0 Å². The van der Waals surface area contributed by atoms with Gasteiger partial charge in [0.25, 0.3) is 0 Å². The molecule has 0 rings (SSSR count). The van der Waals surface area contributed by atoms with Crippen molar-refractivity contribution in [2.24, 2.45) is 11.3 Å². The Morgan fingerprint density at radius 3 is 2.24 bits per heavy atom. The summed E-state index contributed by atoms with van der Waals surface area (Å²) >= 11 is 0. The van der Waals surface area contributed by atoms with E-state index in [0.717, 1.165) is 7.11 Å². The third-order valence-electron chi connectivity index (χ3n) is 3.12. The number of carbonyl (C=O) groups excluding carboxylic acids is 1. The van der Waals surface area contributed by atoms with Gasteiger partial charge in [0.15, 0.2) is 0 Å². The average Bonchev–Trinajstić information content (AvgIpc) is 2.30. The number of carboxylic acid groups (broad SMARTS) is 1. The van der Waals surface area contributed by atoms with Gasteiger partial charge in [0, 0.05) is 13.0 Å². The van der Waals surface area contributed by atoms with Crippen LogP contribution in [0.4, 0.5) is 4.79 Å². The van der Waals surface area contributed by atoms with Crippen LogP contribution in [0.15, 0.2) is 0 Å². The van der Waals surface area contributed by atoms with Crippen LogP contribution in [0.3, 0.4) is 0 Å². The fraction of sp³-hybridized carbons (Fsp3) is 0.833. The van der Waals surface area contributed by atoms with Gasteiger partial charge < -0.3 is 9.84 Å². The van der Waals surface area contributed by atoms with Crippen LogP contribution in [0.25, 0.3) is 0 Å². The predicted octanol–water partition coefficient (Wildman–Crippen LogP) is 1.09. The summed E-state index contributed by atoms with van der Waals surface area (Å²) < 4.78 is 31.1. The highest BCUT2D eigenvalue weighted by atomic mass is 32.2. The quantitative estimate of drug-likeness (QED) is 0.614. The molecule has 0 aromatic heterocycles. The Labute approximate surface area is 125 Å². The van der Waals surface area contributed by atoms with E-state index >= 15 is 0 Å². The van der Waals surface area contributed by atoms with E-state index in [2.05, 4.69) is 9.46 Å². The molecule has 0 aliphatic rings. The lowest BCUT2D eigenvalue weighted by atomic mass is 9.76. The van der Waals surface area contributed by atoms with Gasteiger partial charge in [0.05, 0.1) is 7.11 Å². The fourth-order valence-corrected chi connectivity index (χ4v) is 2.62. The first-order valence-corrected chi connectivity index (χ1v) is 8.03. The van der Waals surface area contributed by atoms with Crippen LogP contribution in [0, 0.1) is 11.3 Å². The van der Waals surface area contributed by atoms with Crippen LogP contribution in [0.1, 0.15) is 40.0 Å². The maximum atomic E-state index is 11.5. The number of amides is 1. The third kappa shape index (κ3) is 9.24. The normalized spacial score (nSPS) is 13.5. The minimum absolute atomic E-state index is 0.0365. The van der Waals surface area contributed by atoms with Crippen molar-refractivity contribution in [2.75, 3.05) is 13.7 Å². The lowest BCUT2D eigenvalue weighted by Crippen LogP contribution is -2.41. The van der Waals surface area contributed by atoms with E-state index in [1.54, 1.807) is 4.72 Å². The molecule has 0 saturated carbocycles. The van der Waals surface area contributed by atoms with Crippen molar-refractivity contribution >= 4 is 22.3 Å². The highest BCUT2D eigenvalue weighted by molar-refractivity contribution is 7.88. The number of ether oxygens (including phenoxy) is 1. The summed E-state index contributed by atoms with van der Waals surface area (Å²) in [5.74, 6) is -0.841. The number of hydrogen-bond acceptors (Lipinski definition) is 5. The van der Waals surface area contributed by atoms with Crippen molar-refractivity contribution in [3.05, 3.63) is 0 Å². The topological polar surface area (TPSA) is 122 Å². The molecule has 3 N–H and O–H groups in total. The molecule has 0 aromatic rings. The summed E-state index contributed by atoms with van der Waals surface area (Å²) in [6.07, 6.45) is -0.0976. The van der Waals surface area contributed by atoms with Crippen LogP contribution in [-0.2, 0) is 19.7 Å². The minimum atomic E-state index is -3.96. The van der Waals surface area contributed by atoms with Gasteiger partial charge in [0.2, 0.25) is 0 Å². The van der Waals surface area contributed by atoms with Crippen LogP contribution in [0.5, 0.6) is 0 Å². The van der Waals surface area contributed by atoms with Gasteiger partial charge in [-0.1, -0.05) is 20.8 Å². The van der Waals surface area contributed by atoms with Crippen LogP contribution in [0.2, 0.25) is 0 Å². The van der Waals surface area contributed by atoms with E-state index in [4.69, 9.17) is 5.11 Å². The predicted molar refractivity (Wildman–Crippen MR) is 76.9 cm³/mol. The van der Waals surface area contributed by atoms with Crippen molar-refractivity contribution < 1.29 is 27.9 Å². The van der Waals surface area contributed by atoms with E-state index in [0.29, 0.717) is 12.8 Å². The summed E-state index contributed by atoms with van der Waals surface area (Å²) in [6.45, 7) is 6.02. The molecule has 1 unspecified atom stereocenters. The van der Waals surface area contributed by atoms with Crippen molar-refractivity contribution in [3.63, 3.8) is 0 Å². The van der Waals surface area contributed by atoms with Gasteiger partial charge in [-0.25, -0.2) is 9.52 Å². The van der Waals surface area contributed by atoms with Gasteiger partial charge in [0.1, 0.15) is 0 Å². The lowest BCUT2D eigenvalue weighted by molar-refractivity contribution is -0.137. The largest absolute Gasteiger partial charge is 0.481 e. The average molecular weight is 324 g/mol. The van der Waals surface area contributed by atoms with E-state index in [-0.39, 0.29) is 24.3 Å². The SMILES string of the molecule is COC(=O)NS(=O)(=O)NCCC(CCC(=O)O)C(C)(C)C. The first kappa shape index (κ1) is 19.7. The Kier molecular flexibility index (Phi) is 7.65. The molecule has 0 aliphatic carbocycles. The van der Waals surface area contributed by atoms with E-state index in [9.17, 15) is 18.0 Å². The van der Waals surface area contributed by atoms with Crippen molar-refractivity contribution in [3.8, 4) is 0 Å². The van der Waals surface area contributed by atoms with E-state index in [1.165, 1.54) is 0 Å². The van der Waals surface area contributed by atoms with Crippen molar-refractivity contribution in [1.82, 2.24) is 9.44 Å². The second kappa shape index (κ2) is 8.18. The molecule has 0 aromatic carbocycles. The lowest BCUT2D eigenvalue weighted by Gasteiger charge is -2.30. The van der Waals surface area contributed by atoms with E-state index in [1.807, 2.05) is 20.8 Å². The monoisotopic (exact) mass is 324 g/mol. The van der Waals surface area contributed by atoms with Crippen molar-refractivity contribution in [1.29, 1.82) is 0 Å². The number of carboxylic acids is 1. The first-order valence-electron chi connectivity index (χ1n) is 6.55. The zero-order valence-corrected chi connectivity index (χ0v) is 13.6. The number of hydrogen-bond donors (Lipinski definition) is 3. The Morgan fingerprint density at radius 1 is 1.24 bits per heavy atom. The molecule has 8 nitrogen and oxygen atoms in total. The first-order chi connectivity index (χ1) is 9.48. The highest BCUT2D eigenvalue weighted by Crippen LogP contribution is 2.32. The Hall–Kier alpha value is -1.35. The van der Waals surface area contributed by atoms with Gasteiger partial charge in [-0.2, -0.15) is 13.1 Å². The maximum absolute atomic E-state index is 11.5. The zero-order chi connectivity index (χ0) is 16.7. The Bertz CT molecular complexity index is 455. The van der Waals surface area contributed by atoms with Gasteiger partial charge >= 0.3 is 22.3 Å². The zero-order valence-electron chi connectivity index (χ0n) is 12.8. The standard InChI is InChI=1S/C12H24N2O6S/c1-12(2,3)9(5-6-10(15)16)7-8-13-21(18,19)14-11(17)20-4/h9,13H,5-8H2,1-4H3,(H,14,17)(H,15,16). The number of rotatable bonds is 8. The second-order valence-electron chi connectivity index (χ2n) is 5.78. The summed E-state index contributed by atoms with van der Waals surface area (Å²) in [7, 11) is -2.89. The Balaban J connectivity index is 4.43. The number of methoxy groups -OCH3 is 1. The maximum Gasteiger partial charge on any atom is 0.421 e. The van der Waals surface area contributed by atoms with Gasteiger partial charge in [-0.05, 0) is 24.2 Å². The van der Waals surface area contributed by atoms with Gasteiger partial charge in [-0.15, -0.1) is 0 Å². The van der Waals surface area contributed by atoms with Gasteiger partial charge in [-0.3, -0.25) is 4.79 Å². The summed E-state index contributed by atoms with van der Waals surface area (Å²) in [6, 6.07) is 0. The molecule has 0 radical (unpaired) electrons. The summed E-state index contributed by atoms with van der Waals surface area (Å²) in [4.78, 5) is 21.5. The van der Waals surface area contributed by atoms with Crippen molar-refractivity contribution in [2.45, 2.75) is 40.0 Å².